The summed E-state index contributed by atoms with van der Waals surface area (Å²) in [6.45, 7) is 0. The molecule has 3 aromatic rings. The van der Waals surface area contributed by atoms with E-state index in [0.29, 0.717) is 23.3 Å². The Hall–Kier alpha value is -3.84. The summed E-state index contributed by atoms with van der Waals surface area (Å²) < 4.78 is 49.4. The predicted octanol–water partition coefficient (Wildman–Crippen LogP) is 6.54. The molecule has 0 saturated carbocycles. The number of ether oxygens (including phenoxy) is 2. The zero-order valence-corrected chi connectivity index (χ0v) is 16.7. The van der Waals surface area contributed by atoms with Gasteiger partial charge in [0.1, 0.15) is 6.07 Å². The molecule has 0 atom stereocenters. The number of nitrogens with zero attached hydrogens (tertiary/aromatic N) is 2. The molecule has 2 aromatic carbocycles. The summed E-state index contributed by atoms with van der Waals surface area (Å²) in [5.74, 6) is -0.112. The van der Waals surface area contributed by atoms with Crippen LogP contribution in [0, 0.1) is 21.4 Å². The smallest absolute Gasteiger partial charge is 0.416 e. The van der Waals surface area contributed by atoms with Crippen molar-refractivity contribution in [3.63, 3.8) is 0 Å². The summed E-state index contributed by atoms with van der Waals surface area (Å²) in [4.78, 5) is 11.1. The van der Waals surface area contributed by atoms with Crippen LogP contribution in [-0.2, 0) is 6.18 Å². The van der Waals surface area contributed by atoms with Gasteiger partial charge in [0.15, 0.2) is 11.5 Å². The molecule has 1 heterocycles. The quantitative estimate of drug-likeness (QED) is 0.244. The van der Waals surface area contributed by atoms with Crippen molar-refractivity contribution in [2.24, 2.45) is 0 Å². The maximum absolute atomic E-state index is 12.9. The van der Waals surface area contributed by atoms with Crippen LogP contribution < -0.4 is 9.47 Å². The fraction of sp³-hybridized carbons (Fsp3) is 0.0952. The lowest BCUT2D eigenvalue weighted by Crippen LogP contribution is -2.06. The summed E-state index contributed by atoms with van der Waals surface area (Å²) in [5.41, 5.74) is -0.943. The predicted molar refractivity (Wildman–Crippen MR) is 109 cm³/mol. The van der Waals surface area contributed by atoms with E-state index in [2.05, 4.69) is 6.07 Å². The van der Waals surface area contributed by atoms with Crippen molar-refractivity contribution in [3.8, 4) is 23.3 Å². The van der Waals surface area contributed by atoms with Crippen LogP contribution in [0.5, 0.6) is 17.2 Å². The number of methoxy groups -OCH3 is 1. The fourth-order valence-corrected chi connectivity index (χ4v) is 3.35. The maximum atomic E-state index is 12.9. The zero-order chi connectivity index (χ0) is 22.6. The van der Waals surface area contributed by atoms with E-state index >= 15 is 0 Å². The topological polar surface area (TPSA) is 85.4 Å². The zero-order valence-electron chi connectivity index (χ0n) is 15.8. The van der Waals surface area contributed by atoms with Crippen molar-refractivity contribution in [2.75, 3.05) is 7.11 Å². The number of thiophene rings is 1. The molecule has 0 saturated heterocycles. The van der Waals surface area contributed by atoms with E-state index in [-0.39, 0.29) is 17.2 Å². The van der Waals surface area contributed by atoms with Crippen LogP contribution in [0.2, 0.25) is 0 Å². The molecule has 0 aliphatic rings. The van der Waals surface area contributed by atoms with Gasteiger partial charge in [-0.15, -0.1) is 11.3 Å². The van der Waals surface area contributed by atoms with E-state index in [1.807, 2.05) is 11.4 Å². The lowest BCUT2D eigenvalue weighted by molar-refractivity contribution is -0.385. The summed E-state index contributed by atoms with van der Waals surface area (Å²) in [7, 11) is 1.35. The van der Waals surface area contributed by atoms with Crippen molar-refractivity contribution >= 4 is 28.7 Å². The summed E-state index contributed by atoms with van der Waals surface area (Å²) in [5, 5.41) is 22.5. The number of nitro benzene ring substituents is 1. The number of benzene rings is 2. The highest BCUT2D eigenvalue weighted by Gasteiger charge is 2.33. The maximum Gasteiger partial charge on any atom is 0.416 e. The Morgan fingerprint density at radius 1 is 1.16 bits per heavy atom. The van der Waals surface area contributed by atoms with E-state index in [0.717, 1.165) is 10.9 Å². The Balaban J connectivity index is 1.96. The van der Waals surface area contributed by atoms with Crippen LogP contribution in [0.1, 0.15) is 16.0 Å². The van der Waals surface area contributed by atoms with Gasteiger partial charge >= 0.3 is 11.9 Å². The molecule has 3 rings (SSSR count). The molecule has 0 radical (unpaired) electrons. The number of hydrogen-bond acceptors (Lipinski definition) is 6. The monoisotopic (exact) mass is 446 g/mol. The molecule has 1 aromatic heterocycles. The van der Waals surface area contributed by atoms with Gasteiger partial charge in [-0.3, -0.25) is 10.1 Å². The number of halogens is 3. The second-order valence-corrected chi connectivity index (χ2v) is 7.04. The fourth-order valence-electron chi connectivity index (χ4n) is 2.66. The van der Waals surface area contributed by atoms with Crippen LogP contribution in [0.15, 0.2) is 53.9 Å². The normalized spacial score (nSPS) is 11.6. The Labute approximate surface area is 178 Å². The van der Waals surface area contributed by atoms with E-state index < -0.39 is 22.4 Å². The first-order chi connectivity index (χ1) is 14.7. The highest BCUT2D eigenvalue weighted by Crippen LogP contribution is 2.40. The van der Waals surface area contributed by atoms with Crippen LogP contribution in [0.25, 0.3) is 11.6 Å². The van der Waals surface area contributed by atoms with Gasteiger partial charge in [-0.25, -0.2) is 0 Å². The highest BCUT2D eigenvalue weighted by molar-refractivity contribution is 7.11. The van der Waals surface area contributed by atoms with E-state index in [4.69, 9.17) is 9.47 Å². The van der Waals surface area contributed by atoms with E-state index in [1.54, 1.807) is 24.3 Å². The van der Waals surface area contributed by atoms with Crippen LogP contribution >= 0.6 is 11.3 Å². The van der Waals surface area contributed by atoms with Crippen molar-refractivity contribution < 1.29 is 27.6 Å². The summed E-state index contributed by atoms with van der Waals surface area (Å²) in [6.07, 6.45) is -3.09. The second kappa shape index (κ2) is 8.89. The highest BCUT2D eigenvalue weighted by atomic mass is 32.1. The minimum Gasteiger partial charge on any atom is -0.493 e. The number of rotatable bonds is 6. The first-order valence-corrected chi connectivity index (χ1v) is 9.48. The Bertz CT molecular complexity index is 1180. The average Bonchev–Trinajstić information content (AvgIpc) is 3.26. The van der Waals surface area contributed by atoms with Gasteiger partial charge in [0, 0.05) is 10.9 Å². The Morgan fingerprint density at radius 3 is 2.48 bits per heavy atom. The van der Waals surface area contributed by atoms with Crippen LogP contribution in [0.4, 0.5) is 18.9 Å². The molecule has 0 spiro atoms. The first kappa shape index (κ1) is 21.9. The lowest BCUT2D eigenvalue weighted by Gasteiger charge is -2.13. The lowest BCUT2D eigenvalue weighted by atomic mass is 10.1. The number of alkyl halides is 3. The van der Waals surface area contributed by atoms with E-state index in [1.165, 1.54) is 24.5 Å². The molecule has 0 aliphatic carbocycles. The molecule has 10 heteroatoms. The molecule has 158 valence electrons. The van der Waals surface area contributed by atoms with Crippen LogP contribution in [-0.4, -0.2) is 12.0 Å². The standard InChI is InChI=1S/C21H13F3N2O4S/c1-29-19-10-13(9-14(12-25)20-3-2-8-31-20)4-6-18(19)30-17-7-5-15(21(22,23)24)11-16(17)26(27)28/h2-11H,1H3. The molecule has 0 N–H and O–H groups in total. The molecule has 0 bridgehead atoms. The van der Waals surface area contributed by atoms with Gasteiger partial charge in [-0.2, -0.15) is 18.4 Å². The van der Waals surface area contributed by atoms with Crippen LogP contribution in [0.3, 0.4) is 0 Å². The number of hydrogen-bond donors (Lipinski definition) is 0. The first-order valence-electron chi connectivity index (χ1n) is 8.60. The Morgan fingerprint density at radius 2 is 1.90 bits per heavy atom. The van der Waals surface area contributed by atoms with Gasteiger partial charge < -0.3 is 9.47 Å². The molecule has 0 fully saturated rings. The summed E-state index contributed by atoms with van der Waals surface area (Å²) >= 11 is 1.41. The molecule has 6 nitrogen and oxygen atoms in total. The number of nitro groups is 1. The molecular weight excluding hydrogens is 433 g/mol. The Kier molecular flexibility index (Phi) is 6.27. The van der Waals surface area contributed by atoms with Crippen molar-refractivity contribution in [1.82, 2.24) is 0 Å². The summed E-state index contributed by atoms with van der Waals surface area (Å²) in [6, 6.07) is 12.3. The molecule has 0 amide bonds. The minimum absolute atomic E-state index is 0.0668. The van der Waals surface area contributed by atoms with Gasteiger partial charge in [0.2, 0.25) is 5.75 Å². The molecular formula is C21H13F3N2O4S. The third-order valence-electron chi connectivity index (χ3n) is 4.11. The SMILES string of the molecule is COc1cc(C=C(C#N)c2cccs2)ccc1Oc1ccc(C(F)(F)F)cc1[N+](=O)[O-]. The molecule has 31 heavy (non-hydrogen) atoms. The van der Waals surface area contributed by atoms with Crippen molar-refractivity contribution in [2.45, 2.75) is 6.18 Å². The molecule has 0 aliphatic heterocycles. The van der Waals surface area contributed by atoms with Gasteiger partial charge in [0.05, 0.1) is 23.2 Å². The van der Waals surface area contributed by atoms with Gasteiger partial charge in [0.25, 0.3) is 0 Å². The minimum atomic E-state index is -4.73. The number of nitriles is 1. The molecule has 0 unspecified atom stereocenters. The number of allylic oxidation sites excluding steroid dienone is 1. The third kappa shape index (κ3) is 5.02. The van der Waals surface area contributed by atoms with Gasteiger partial charge in [-0.05, 0) is 47.4 Å². The van der Waals surface area contributed by atoms with Gasteiger partial charge in [-0.1, -0.05) is 12.1 Å². The van der Waals surface area contributed by atoms with Crippen molar-refractivity contribution in [3.05, 3.63) is 80.0 Å². The van der Waals surface area contributed by atoms with E-state index in [9.17, 15) is 28.5 Å². The third-order valence-corrected chi connectivity index (χ3v) is 5.01. The largest absolute Gasteiger partial charge is 0.493 e. The second-order valence-electron chi connectivity index (χ2n) is 6.10. The van der Waals surface area contributed by atoms with Crippen molar-refractivity contribution in [1.29, 1.82) is 5.26 Å². The average molecular weight is 446 g/mol.